The molecule has 2 rings (SSSR count). The van der Waals surface area contributed by atoms with Crippen LogP contribution in [0.3, 0.4) is 0 Å². The molecule has 1 aliphatic rings. The quantitative estimate of drug-likeness (QED) is 0.807. The van der Waals surface area contributed by atoms with E-state index in [2.05, 4.69) is 16.8 Å². The Balaban J connectivity index is 2.16. The molecule has 2 nitrogen and oxygen atoms in total. The molecule has 13 heavy (non-hydrogen) atoms. The van der Waals surface area contributed by atoms with E-state index in [-0.39, 0.29) is 11.6 Å². The van der Waals surface area contributed by atoms with E-state index < -0.39 is 0 Å². The normalized spacial score (nSPS) is 22.3. The van der Waals surface area contributed by atoms with Gasteiger partial charge < -0.3 is 10.5 Å². The van der Waals surface area contributed by atoms with Crippen molar-refractivity contribution in [3.8, 4) is 0 Å². The first-order valence-corrected chi connectivity index (χ1v) is 5.56. The van der Waals surface area contributed by atoms with Crippen molar-refractivity contribution < 1.29 is 4.74 Å². The summed E-state index contributed by atoms with van der Waals surface area (Å²) in [4.78, 5) is 0. The number of hydrogen-bond donors (Lipinski definition) is 1. The van der Waals surface area contributed by atoms with E-state index in [4.69, 9.17) is 10.5 Å². The van der Waals surface area contributed by atoms with Gasteiger partial charge in [-0.3, -0.25) is 0 Å². The maximum atomic E-state index is 6.17. The minimum atomic E-state index is -0.0684. The van der Waals surface area contributed by atoms with Crippen LogP contribution in [-0.4, -0.2) is 12.7 Å². The maximum Gasteiger partial charge on any atom is 0.0870 e. The van der Waals surface area contributed by atoms with Crippen molar-refractivity contribution in [3.63, 3.8) is 0 Å². The molecule has 72 valence electrons. The fourth-order valence-corrected chi connectivity index (χ4v) is 2.62. The zero-order valence-corrected chi connectivity index (χ0v) is 8.64. The van der Waals surface area contributed by atoms with Crippen molar-refractivity contribution in [1.29, 1.82) is 0 Å². The van der Waals surface area contributed by atoms with Crippen LogP contribution in [0.2, 0.25) is 0 Å². The van der Waals surface area contributed by atoms with E-state index in [1.807, 2.05) is 0 Å². The average Bonchev–Trinajstić information content (AvgIpc) is 2.54. The van der Waals surface area contributed by atoms with Crippen molar-refractivity contribution in [2.75, 3.05) is 7.11 Å². The monoisotopic (exact) mass is 197 g/mol. The number of ether oxygens (including phenoxy) is 1. The first kappa shape index (κ1) is 9.19. The lowest BCUT2D eigenvalue weighted by molar-refractivity contribution is -0.0910. The van der Waals surface area contributed by atoms with Gasteiger partial charge in [-0.1, -0.05) is 0 Å². The van der Waals surface area contributed by atoms with Crippen molar-refractivity contribution in [2.24, 2.45) is 5.73 Å². The Hall–Kier alpha value is -0.380. The number of hydrogen-bond acceptors (Lipinski definition) is 3. The summed E-state index contributed by atoms with van der Waals surface area (Å²) in [6.07, 6.45) is 3.44. The molecule has 0 radical (unpaired) electrons. The molecule has 0 aliphatic heterocycles. The third-order valence-electron chi connectivity index (χ3n) is 3.08. The summed E-state index contributed by atoms with van der Waals surface area (Å²) in [6.45, 7) is 0. The third kappa shape index (κ3) is 1.41. The fraction of sp³-hybridized carbons (Fsp3) is 0.600. The summed E-state index contributed by atoms with van der Waals surface area (Å²) in [6, 6.07) is 2.14. The third-order valence-corrected chi connectivity index (χ3v) is 3.78. The summed E-state index contributed by atoms with van der Waals surface area (Å²) >= 11 is 1.69. The Morgan fingerprint density at radius 2 is 2.38 bits per heavy atom. The van der Waals surface area contributed by atoms with Gasteiger partial charge in [0.1, 0.15) is 0 Å². The van der Waals surface area contributed by atoms with Crippen molar-refractivity contribution in [3.05, 3.63) is 22.4 Å². The Bertz CT molecular complexity index is 261. The average molecular weight is 197 g/mol. The number of thiophene rings is 1. The van der Waals surface area contributed by atoms with Gasteiger partial charge >= 0.3 is 0 Å². The minimum Gasteiger partial charge on any atom is -0.376 e. The summed E-state index contributed by atoms with van der Waals surface area (Å²) in [5, 5.41) is 4.18. The number of nitrogens with two attached hydrogens (primary N) is 1. The minimum absolute atomic E-state index is 0.0532. The van der Waals surface area contributed by atoms with Gasteiger partial charge in [-0.25, -0.2) is 0 Å². The summed E-state index contributed by atoms with van der Waals surface area (Å²) < 4.78 is 5.54. The molecule has 0 spiro atoms. The van der Waals surface area contributed by atoms with Gasteiger partial charge in [0.05, 0.1) is 11.6 Å². The second kappa shape index (κ2) is 3.40. The van der Waals surface area contributed by atoms with Gasteiger partial charge in [0.15, 0.2) is 0 Å². The Morgan fingerprint density at radius 3 is 2.77 bits per heavy atom. The summed E-state index contributed by atoms with van der Waals surface area (Å²) in [5.74, 6) is 0. The van der Waals surface area contributed by atoms with Gasteiger partial charge in [-0.05, 0) is 41.7 Å². The second-order valence-corrected chi connectivity index (χ2v) is 4.44. The molecular formula is C10H15NOS. The van der Waals surface area contributed by atoms with Crippen LogP contribution in [0.5, 0.6) is 0 Å². The Kier molecular flexibility index (Phi) is 2.41. The maximum absolute atomic E-state index is 6.17. The van der Waals surface area contributed by atoms with Crippen molar-refractivity contribution in [1.82, 2.24) is 0 Å². The predicted molar refractivity (Wildman–Crippen MR) is 54.8 cm³/mol. The highest BCUT2D eigenvalue weighted by Gasteiger charge is 2.43. The molecule has 1 aliphatic carbocycles. The number of methoxy groups -OCH3 is 1. The van der Waals surface area contributed by atoms with Crippen LogP contribution >= 0.6 is 11.3 Å². The van der Waals surface area contributed by atoms with E-state index in [0.717, 1.165) is 12.8 Å². The van der Waals surface area contributed by atoms with Crippen LogP contribution in [0.25, 0.3) is 0 Å². The van der Waals surface area contributed by atoms with Crippen molar-refractivity contribution >= 4 is 11.3 Å². The highest BCUT2D eigenvalue weighted by atomic mass is 32.1. The first-order valence-electron chi connectivity index (χ1n) is 4.61. The highest BCUT2D eigenvalue weighted by molar-refractivity contribution is 7.07. The lowest BCUT2D eigenvalue weighted by atomic mass is 9.73. The van der Waals surface area contributed by atoms with Gasteiger partial charge in [-0.2, -0.15) is 11.3 Å². The van der Waals surface area contributed by atoms with Crippen LogP contribution < -0.4 is 5.73 Å². The van der Waals surface area contributed by atoms with Crippen molar-refractivity contribution in [2.45, 2.75) is 30.9 Å². The lowest BCUT2D eigenvalue weighted by Gasteiger charge is -2.44. The summed E-state index contributed by atoms with van der Waals surface area (Å²) in [5.41, 5.74) is 7.32. The van der Waals surface area contributed by atoms with Gasteiger partial charge in [-0.15, -0.1) is 0 Å². The van der Waals surface area contributed by atoms with Crippen LogP contribution in [0.4, 0.5) is 0 Å². The van der Waals surface area contributed by atoms with Gasteiger partial charge in [0.25, 0.3) is 0 Å². The van der Waals surface area contributed by atoms with Crippen LogP contribution in [0.15, 0.2) is 16.8 Å². The van der Waals surface area contributed by atoms with Gasteiger partial charge in [0, 0.05) is 7.11 Å². The molecule has 3 heteroatoms. The second-order valence-electron chi connectivity index (χ2n) is 3.66. The molecule has 1 saturated carbocycles. The molecule has 0 saturated heterocycles. The van der Waals surface area contributed by atoms with Crippen LogP contribution in [0, 0.1) is 0 Å². The zero-order chi connectivity index (χ0) is 9.31. The molecule has 1 fully saturated rings. The lowest BCUT2D eigenvalue weighted by Crippen LogP contribution is -2.48. The van der Waals surface area contributed by atoms with Crippen LogP contribution in [-0.2, 0) is 4.74 Å². The molecule has 1 heterocycles. The molecule has 0 aromatic carbocycles. The Morgan fingerprint density at radius 1 is 1.62 bits per heavy atom. The van der Waals surface area contributed by atoms with E-state index in [9.17, 15) is 0 Å². The smallest absolute Gasteiger partial charge is 0.0870 e. The molecular weight excluding hydrogens is 182 g/mol. The fourth-order valence-electron chi connectivity index (χ4n) is 1.92. The van der Waals surface area contributed by atoms with E-state index >= 15 is 0 Å². The highest BCUT2D eigenvalue weighted by Crippen LogP contribution is 2.43. The van der Waals surface area contributed by atoms with E-state index in [1.54, 1.807) is 18.4 Å². The summed E-state index contributed by atoms with van der Waals surface area (Å²) in [7, 11) is 1.77. The van der Waals surface area contributed by atoms with E-state index in [0.29, 0.717) is 0 Å². The molecule has 1 aromatic rings. The first-order chi connectivity index (χ1) is 6.28. The molecule has 1 aromatic heterocycles. The molecule has 0 bridgehead atoms. The standard InChI is InChI=1S/C10H15NOS/c1-12-10(4-2-5-10)9(11)8-3-6-13-7-8/h3,6-7,9H,2,4-5,11H2,1H3. The topological polar surface area (TPSA) is 35.2 Å². The van der Waals surface area contributed by atoms with Crippen LogP contribution in [0.1, 0.15) is 30.9 Å². The SMILES string of the molecule is COC1(C(N)c2ccsc2)CCC1. The zero-order valence-electron chi connectivity index (χ0n) is 7.82. The molecule has 1 atom stereocenters. The van der Waals surface area contributed by atoms with E-state index in [1.165, 1.54) is 12.0 Å². The Labute approximate surface area is 82.7 Å². The largest absolute Gasteiger partial charge is 0.376 e. The predicted octanol–water partition coefficient (Wildman–Crippen LogP) is 2.32. The molecule has 1 unspecified atom stereocenters. The molecule has 2 N–H and O–H groups in total. The molecule has 0 amide bonds. The van der Waals surface area contributed by atoms with Gasteiger partial charge in [0.2, 0.25) is 0 Å². The number of rotatable bonds is 3.